The average Bonchev–Trinajstić information content (AvgIpc) is 2.17. The number of benzene rings is 1. The molecule has 2 rings (SSSR count). The number of aromatic nitrogens is 1. The first-order valence-electron chi connectivity index (χ1n) is 4.29. The third-order valence-corrected chi connectivity index (χ3v) is 2.61. The van der Waals surface area contributed by atoms with E-state index in [0.717, 1.165) is 9.32 Å². The van der Waals surface area contributed by atoms with Gasteiger partial charge >= 0.3 is 0 Å². The molecule has 0 amide bonds. The molecule has 0 aliphatic carbocycles. The van der Waals surface area contributed by atoms with Gasteiger partial charge < -0.3 is 4.74 Å². The number of rotatable bonds is 2. The van der Waals surface area contributed by atoms with Crippen molar-refractivity contribution in [2.24, 2.45) is 0 Å². The van der Waals surface area contributed by atoms with Crippen molar-refractivity contribution in [3.05, 3.63) is 51.3 Å². The monoisotopic (exact) mass is 331 g/mol. The highest BCUT2D eigenvalue weighted by molar-refractivity contribution is 14.1. The van der Waals surface area contributed by atoms with Crippen LogP contribution in [0.1, 0.15) is 0 Å². The van der Waals surface area contributed by atoms with Crippen LogP contribution in [0.25, 0.3) is 0 Å². The highest BCUT2D eigenvalue weighted by Crippen LogP contribution is 2.23. The van der Waals surface area contributed by atoms with Crippen LogP contribution < -0.4 is 4.74 Å². The zero-order valence-electron chi connectivity index (χ0n) is 7.65. The molecule has 0 bridgehead atoms. The van der Waals surface area contributed by atoms with Crippen LogP contribution in [0.5, 0.6) is 11.5 Å². The predicted octanol–water partition coefficient (Wildman–Crippen LogP) is 4.13. The Morgan fingerprint density at radius 1 is 1.13 bits per heavy atom. The summed E-state index contributed by atoms with van der Waals surface area (Å²) >= 11 is 7.99. The van der Waals surface area contributed by atoms with Crippen LogP contribution in [-0.2, 0) is 0 Å². The van der Waals surface area contributed by atoms with E-state index in [1.54, 1.807) is 18.3 Å². The zero-order chi connectivity index (χ0) is 10.7. The molecule has 1 aromatic carbocycles. The second kappa shape index (κ2) is 4.81. The Labute approximate surface area is 106 Å². The van der Waals surface area contributed by atoms with E-state index in [9.17, 15) is 0 Å². The van der Waals surface area contributed by atoms with Crippen molar-refractivity contribution in [3.63, 3.8) is 0 Å². The maximum Gasteiger partial charge on any atom is 0.132 e. The predicted molar refractivity (Wildman–Crippen MR) is 68.5 cm³/mol. The summed E-state index contributed by atoms with van der Waals surface area (Å²) in [6.45, 7) is 0. The van der Waals surface area contributed by atoms with Crippen LogP contribution in [-0.4, -0.2) is 4.98 Å². The maximum atomic E-state index is 5.75. The third kappa shape index (κ3) is 3.07. The number of ether oxygens (including phenoxy) is 1. The van der Waals surface area contributed by atoms with Crippen LogP contribution in [0, 0.1) is 3.57 Å². The second-order valence-corrected chi connectivity index (χ2v) is 4.51. The Kier molecular flexibility index (Phi) is 3.43. The number of pyridine rings is 1. The molecule has 2 aromatic rings. The number of nitrogens with zero attached hydrogens (tertiary/aromatic N) is 1. The molecule has 0 saturated carbocycles. The van der Waals surface area contributed by atoms with Crippen LogP contribution in [0.3, 0.4) is 0 Å². The normalized spacial score (nSPS) is 10.0. The molecule has 0 N–H and O–H groups in total. The first-order valence-corrected chi connectivity index (χ1v) is 5.75. The van der Waals surface area contributed by atoms with E-state index in [4.69, 9.17) is 16.3 Å². The lowest BCUT2D eigenvalue weighted by Gasteiger charge is -2.05. The highest BCUT2D eigenvalue weighted by atomic mass is 127. The Hall–Kier alpha value is -0.810. The quantitative estimate of drug-likeness (QED) is 0.610. The topological polar surface area (TPSA) is 22.1 Å². The van der Waals surface area contributed by atoms with Crippen molar-refractivity contribution in [2.45, 2.75) is 0 Å². The SMILES string of the molecule is Clc1cc(Oc2cccc(I)c2)ccn1. The third-order valence-electron chi connectivity index (χ3n) is 1.73. The summed E-state index contributed by atoms with van der Waals surface area (Å²) < 4.78 is 6.74. The van der Waals surface area contributed by atoms with Gasteiger partial charge in [-0.3, -0.25) is 0 Å². The standard InChI is InChI=1S/C11H7ClINO/c12-11-7-10(4-5-14-11)15-9-3-1-2-8(13)6-9/h1-7H. The number of halogens is 2. The van der Waals surface area contributed by atoms with Gasteiger partial charge in [0.05, 0.1) is 0 Å². The summed E-state index contributed by atoms with van der Waals surface area (Å²) in [4.78, 5) is 3.88. The lowest BCUT2D eigenvalue weighted by atomic mass is 10.3. The van der Waals surface area contributed by atoms with Crippen molar-refractivity contribution in [3.8, 4) is 11.5 Å². The molecule has 0 aliphatic rings. The molecule has 0 saturated heterocycles. The van der Waals surface area contributed by atoms with E-state index >= 15 is 0 Å². The van der Waals surface area contributed by atoms with E-state index in [1.165, 1.54) is 0 Å². The summed E-state index contributed by atoms with van der Waals surface area (Å²) in [5, 5.41) is 0.429. The lowest BCUT2D eigenvalue weighted by molar-refractivity contribution is 0.481. The van der Waals surface area contributed by atoms with Gasteiger partial charge in [-0.25, -0.2) is 4.98 Å². The first kappa shape index (κ1) is 10.7. The van der Waals surface area contributed by atoms with Crippen molar-refractivity contribution in [1.82, 2.24) is 4.98 Å². The van der Waals surface area contributed by atoms with Gasteiger partial charge in [0.1, 0.15) is 16.7 Å². The fraction of sp³-hybridized carbons (Fsp3) is 0. The molecular formula is C11H7ClINO. The van der Waals surface area contributed by atoms with Crippen LogP contribution >= 0.6 is 34.2 Å². The van der Waals surface area contributed by atoms with Gasteiger partial charge in [-0.2, -0.15) is 0 Å². The smallest absolute Gasteiger partial charge is 0.132 e. The zero-order valence-corrected chi connectivity index (χ0v) is 10.6. The van der Waals surface area contributed by atoms with Crippen molar-refractivity contribution < 1.29 is 4.74 Å². The summed E-state index contributed by atoms with van der Waals surface area (Å²) in [5.74, 6) is 1.49. The summed E-state index contributed by atoms with van der Waals surface area (Å²) in [7, 11) is 0. The fourth-order valence-electron chi connectivity index (χ4n) is 1.11. The Morgan fingerprint density at radius 3 is 2.67 bits per heavy atom. The summed E-state index contributed by atoms with van der Waals surface area (Å²) in [6, 6.07) is 11.3. The van der Waals surface area contributed by atoms with E-state index in [2.05, 4.69) is 27.6 Å². The molecule has 2 nitrogen and oxygen atoms in total. The van der Waals surface area contributed by atoms with Gasteiger partial charge in [-0.1, -0.05) is 17.7 Å². The molecule has 15 heavy (non-hydrogen) atoms. The van der Waals surface area contributed by atoms with E-state index in [-0.39, 0.29) is 0 Å². The molecule has 1 heterocycles. The minimum atomic E-state index is 0.429. The molecule has 1 aromatic heterocycles. The first-order chi connectivity index (χ1) is 7.24. The fourth-order valence-corrected chi connectivity index (χ4v) is 1.79. The van der Waals surface area contributed by atoms with Gasteiger partial charge in [-0.15, -0.1) is 0 Å². The van der Waals surface area contributed by atoms with Crippen molar-refractivity contribution >= 4 is 34.2 Å². The molecule has 0 radical (unpaired) electrons. The lowest BCUT2D eigenvalue weighted by Crippen LogP contribution is -1.85. The largest absolute Gasteiger partial charge is 0.457 e. The average molecular weight is 332 g/mol. The van der Waals surface area contributed by atoms with Gasteiger partial charge in [0.25, 0.3) is 0 Å². The summed E-state index contributed by atoms with van der Waals surface area (Å²) in [5.41, 5.74) is 0. The number of hydrogen-bond donors (Lipinski definition) is 0. The van der Waals surface area contributed by atoms with E-state index in [1.807, 2.05) is 24.3 Å². The van der Waals surface area contributed by atoms with Crippen molar-refractivity contribution in [2.75, 3.05) is 0 Å². The molecule has 0 aliphatic heterocycles. The van der Waals surface area contributed by atoms with Crippen molar-refractivity contribution in [1.29, 1.82) is 0 Å². The van der Waals surface area contributed by atoms with E-state index in [0.29, 0.717) is 10.9 Å². The summed E-state index contributed by atoms with van der Waals surface area (Å²) in [6.07, 6.45) is 1.62. The highest BCUT2D eigenvalue weighted by Gasteiger charge is 1.98. The van der Waals surface area contributed by atoms with Gasteiger partial charge in [0, 0.05) is 15.8 Å². The second-order valence-electron chi connectivity index (χ2n) is 2.87. The van der Waals surface area contributed by atoms with Crippen LogP contribution in [0.15, 0.2) is 42.6 Å². The Balaban J connectivity index is 2.22. The molecule has 0 unspecified atom stereocenters. The van der Waals surface area contributed by atoms with Gasteiger partial charge in [0.15, 0.2) is 0 Å². The Bertz CT molecular complexity index is 432. The van der Waals surface area contributed by atoms with Crippen LogP contribution in [0.4, 0.5) is 0 Å². The Morgan fingerprint density at radius 2 is 1.93 bits per heavy atom. The van der Waals surface area contributed by atoms with Crippen LogP contribution in [0.2, 0.25) is 5.15 Å². The molecule has 0 spiro atoms. The van der Waals surface area contributed by atoms with Gasteiger partial charge in [-0.05, 0) is 46.9 Å². The van der Waals surface area contributed by atoms with E-state index < -0.39 is 0 Å². The molecule has 76 valence electrons. The molecule has 0 atom stereocenters. The molecule has 0 fully saturated rings. The minimum absolute atomic E-state index is 0.429. The maximum absolute atomic E-state index is 5.75. The molecule has 4 heteroatoms. The van der Waals surface area contributed by atoms with Gasteiger partial charge in [0.2, 0.25) is 0 Å². The molecular weight excluding hydrogens is 324 g/mol. The number of hydrogen-bond acceptors (Lipinski definition) is 2. The minimum Gasteiger partial charge on any atom is -0.457 e.